The average Bonchev–Trinajstić information content (AvgIpc) is 2.80. The molecule has 1 aromatic carbocycles. The van der Waals surface area contributed by atoms with Crippen LogP contribution in [0.4, 0.5) is 17.6 Å². The lowest BCUT2D eigenvalue weighted by Crippen LogP contribution is -2.27. The fourth-order valence-electron chi connectivity index (χ4n) is 1.61. The number of benzene rings is 1. The highest BCUT2D eigenvalue weighted by Gasteiger charge is 2.33. The maximum atomic E-state index is 13.4. The molecule has 2 rings (SSSR count). The molecule has 0 unspecified atom stereocenters. The minimum Gasteiger partial charge on any atom is -0.271 e. The second kappa shape index (κ2) is 4.56. The summed E-state index contributed by atoms with van der Waals surface area (Å²) in [7, 11) is 0. The topological polar surface area (TPSA) is 29.5 Å². The van der Waals surface area contributed by atoms with E-state index < -0.39 is 29.0 Å². The normalized spacial score (nSPS) is 16.1. The summed E-state index contributed by atoms with van der Waals surface area (Å²) in [4.78, 5) is 16.6. The van der Waals surface area contributed by atoms with Gasteiger partial charge in [0.05, 0.1) is 24.3 Å². The van der Waals surface area contributed by atoms with Gasteiger partial charge in [-0.3, -0.25) is 9.63 Å². The summed E-state index contributed by atoms with van der Waals surface area (Å²) >= 11 is 0. The molecule has 1 heterocycles. The molecule has 98 valence electrons. The predicted molar refractivity (Wildman–Crippen MR) is 53.0 cm³/mol. The number of alkyl halides is 3. The summed E-state index contributed by atoms with van der Waals surface area (Å²) in [6.07, 6.45) is -4.04. The molecule has 1 fully saturated rings. The van der Waals surface area contributed by atoms with Crippen molar-refractivity contribution in [1.29, 1.82) is 0 Å². The number of halogens is 4. The van der Waals surface area contributed by atoms with Gasteiger partial charge in [-0.2, -0.15) is 13.2 Å². The van der Waals surface area contributed by atoms with Gasteiger partial charge in [0, 0.05) is 0 Å². The molecule has 1 aliphatic heterocycles. The number of hydrogen-bond donors (Lipinski definition) is 0. The monoisotopic (exact) mass is 263 g/mol. The third kappa shape index (κ3) is 2.45. The van der Waals surface area contributed by atoms with E-state index in [1.165, 1.54) is 0 Å². The van der Waals surface area contributed by atoms with Crippen molar-refractivity contribution in [3.05, 3.63) is 35.1 Å². The molecule has 0 aromatic heterocycles. The lowest BCUT2D eigenvalue weighted by Gasteiger charge is -2.15. The van der Waals surface area contributed by atoms with Gasteiger partial charge in [0.15, 0.2) is 0 Å². The van der Waals surface area contributed by atoms with Gasteiger partial charge in [0.1, 0.15) is 5.82 Å². The van der Waals surface area contributed by atoms with Gasteiger partial charge in [-0.15, -0.1) is 0 Å². The maximum absolute atomic E-state index is 13.4. The van der Waals surface area contributed by atoms with Gasteiger partial charge < -0.3 is 0 Å². The van der Waals surface area contributed by atoms with Crippen LogP contribution in [-0.4, -0.2) is 24.1 Å². The molecule has 0 N–H and O–H groups in total. The van der Waals surface area contributed by atoms with Crippen LogP contribution in [0.3, 0.4) is 0 Å². The van der Waals surface area contributed by atoms with Crippen molar-refractivity contribution in [2.24, 2.45) is 0 Å². The zero-order valence-corrected chi connectivity index (χ0v) is 9.13. The number of hydrogen-bond acceptors (Lipinski definition) is 2. The summed E-state index contributed by atoms with van der Waals surface area (Å²) in [5, 5.41) is 0.874. The molecular formula is C11H9F4NO2. The largest absolute Gasteiger partial charge is 0.416 e. The van der Waals surface area contributed by atoms with Crippen LogP contribution in [0.25, 0.3) is 0 Å². The van der Waals surface area contributed by atoms with E-state index in [0.717, 1.165) is 5.06 Å². The Labute approximate surface area is 99.9 Å². The van der Waals surface area contributed by atoms with Crippen molar-refractivity contribution in [3.63, 3.8) is 0 Å². The molecule has 1 aromatic rings. The van der Waals surface area contributed by atoms with Gasteiger partial charge in [-0.25, -0.2) is 9.45 Å². The Balaban J connectivity index is 2.34. The van der Waals surface area contributed by atoms with E-state index in [0.29, 0.717) is 31.2 Å². The zero-order valence-electron chi connectivity index (χ0n) is 9.13. The maximum Gasteiger partial charge on any atom is 0.416 e. The molecule has 0 aliphatic carbocycles. The molecule has 1 saturated heterocycles. The molecule has 1 amide bonds. The third-order valence-corrected chi connectivity index (χ3v) is 2.50. The Hall–Kier alpha value is -1.63. The quantitative estimate of drug-likeness (QED) is 0.729. The van der Waals surface area contributed by atoms with E-state index >= 15 is 0 Å². The number of carbonyl (C=O) groups excluding carboxylic acids is 1. The van der Waals surface area contributed by atoms with Crippen LogP contribution in [0.2, 0.25) is 0 Å². The van der Waals surface area contributed by atoms with E-state index in [1.807, 2.05) is 0 Å². The average molecular weight is 263 g/mol. The number of nitrogens with zero attached hydrogens (tertiary/aromatic N) is 1. The lowest BCUT2D eigenvalue weighted by atomic mass is 10.1. The Bertz CT molecular complexity index is 467. The van der Waals surface area contributed by atoms with Gasteiger partial charge in [0.2, 0.25) is 0 Å². The van der Waals surface area contributed by atoms with Gasteiger partial charge >= 0.3 is 6.18 Å². The molecule has 0 bridgehead atoms. The minimum absolute atomic E-state index is 0.245. The van der Waals surface area contributed by atoms with E-state index in [9.17, 15) is 22.4 Å². The number of rotatable bonds is 1. The summed E-state index contributed by atoms with van der Waals surface area (Å²) in [6, 6.07) is 1.72. The van der Waals surface area contributed by atoms with Crippen molar-refractivity contribution in [3.8, 4) is 0 Å². The standard InChI is InChI=1S/C11H9F4NO2/c12-9-3-2-7(11(13,14)15)6-8(9)10(17)16-4-1-5-18-16/h2-3,6H,1,4-5H2. The Morgan fingerprint density at radius 2 is 2.06 bits per heavy atom. The molecule has 18 heavy (non-hydrogen) atoms. The van der Waals surface area contributed by atoms with E-state index in [2.05, 4.69) is 0 Å². The van der Waals surface area contributed by atoms with E-state index in [-0.39, 0.29) is 6.54 Å². The SMILES string of the molecule is O=C(c1cc(C(F)(F)F)ccc1F)N1CCCO1. The molecule has 0 atom stereocenters. The molecule has 0 spiro atoms. The highest BCUT2D eigenvalue weighted by molar-refractivity contribution is 5.94. The van der Waals surface area contributed by atoms with E-state index in [4.69, 9.17) is 4.84 Å². The lowest BCUT2D eigenvalue weighted by molar-refractivity contribution is -0.137. The highest BCUT2D eigenvalue weighted by Crippen LogP contribution is 2.30. The van der Waals surface area contributed by atoms with Crippen LogP contribution in [0.1, 0.15) is 22.3 Å². The predicted octanol–water partition coefficient (Wildman–Crippen LogP) is 2.62. The zero-order chi connectivity index (χ0) is 13.3. The Morgan fingerprint density at radius 3 is 2.61 bits per heavy atom. The second-order valence-corrected chi connectivity index (χ2v) is 3.79. The molecule has 7 heteroatoms. The fourth-order valence-corrected chi connectivity index (χ4v) is 1.61. The van der Waals surface area contributed by atoms with E-state index in [1.54, 1.807) is 0 Å². The Morgan fingerprint density at radius 1 is 1.33 bits per heavy atom. The van der Waals surface area contributed by atoms with Crippen LogP contribution in [0.5, 0.6) is 0 Å². The van der Waals surface area contributed by atoms with Crippen molar-refractivity contribution < 1.29 is 27.2 Å². The van der Waals surface area contributed by atoms with Crippen molar-refractivity contribution in [1.82, 2.24) is 5.06 Å². The summed E-state index contributed by atoms with van der Waals surface area (Å²) in [5.74, 6) is -1.89. The second-order valence-electron chi connectivity index (χ2n) is 3.79. The molecule has 3 nitrogen and oxygen atoms in total. The van der Waals surface area contributed by atoms with Crippen LogP contribution in [0, 0.1) is 5.82 Å². The summed E-state index contributed by atoms with van der Waals surface area (Å²) in [5.41, 5.74) is -1.70. The van der Waals surface area contributed by atoms with Crippen molar-refractivity contribution in [2.75, 3.05) is 13.2 Å². The molecular weight excluding hydrogens is 254 g/mol. The van der Waals surface area contributed by atoms with Crippen molar-refractivity contribution >= 4 is 5.91 Å². The third-order valence-electron chi connectivity index (χ3n) is 2.50. The number of carbonyl (C=O) groups is 1. The van der Waals surface area contributed by atoms with Gasteiger partial charge in [-0.1, -0.05) is 0 Å². The molecule has 1 aliphatic rings. The molecule has 0 radical (unpaired) electrons. The first-order valence-corrected chi connectivity index (χ1v) is 5.21. The first-order chi connectivity index (χ1) is 8.39. The fraction of sp³-hybridized carbons (Fsp3) is 0.364. The Kier molecular flexibility index (Phi) is 3.25. The molecule has 0 saturated carbocycles. The first kappa shape index (κ1) is 12.8. The highest BCUT2D eigenvalue weighted by atomic mass is 19.4. The van der Waals surface area contributed by atoms with Crippen LogP contribution >= 0.6 is 0 Å². The van der Waals surface area contributed by atoms with Crippen LogP contribution < -0.4 is 0 Å². The first-order valence-electron chi connectivity index (χ1n) is 5.21. The van der Waals surface area contributed by atoms with Gasteiger partial charge in [-0.05, 0) is 24.6 Å². The number of amides is 1. The van der Waals surface area contributed by atoms with Crippen LogP contribution in [0.15, 0.2) is 18.2 Å². The minimum atomic E-state index is -4.62. The summed E-state index contributed by atoms with van der Waals surface area (Å²) < 4.78 is 50.8. The smallest absolute Gasteiger partial charge is 0.271 e. The van der Waals surface area contributed by atoms with Crippen LogP contribution in [-0.2, 0) is 11.0 Å². The van der Waals surface area contributed by atoms with Gasteiger partial charge in [0.25, 0.3) is 5.91 Å². The number of hydroxylamine groups is 2. The summed E-state index contributed by atoms with van der Waals surface area (Å²) in [6.45, 7) is 0.542. The van der Waals surface area contributed by atoms with Crippen molar-refractivity contribution in [2.45, 2.75) is 12.6 Å².